The Balaban J connectivity index is 0.969. The Hall–Kier alpha value is -4.98. The molecule has 0 unspecified atom stereocenters. The minimum Gasteiger partial charge on any atom is -0.507 e. The number of para-hydroxylation sites is 2. The molecule has 0 aliphatic rings. The van der Waals surface area contributed by atoms with Crippen LogP contribution in [-0.4, -0.2) is 62.2 Å². The molecular formula is C46H60N2O6. The van der Waals surface area contributed by atoms with E-state index < -0.39 is 0 Å². The van der Waals surface area contributed by atoms with Crippen molar-refractivity contribution in [1.29, 1.82) is 0 Å². The number of unbranched alkanes of at least 4 members (excludes halogenated alkanes) is 12. The molecule has 0 radical (unpaired) electrons. The molecule has 0 aromatic heterocycles. The van der Waals surface area contributed by atoms with E-state index in [-0.39, 0.29) is 11.5 Å². The first-order chi connectivity index (χ1) is 26.7. The van der Waals surface area contributed by atoms with Crippen molar-refractivity contribution >= 4 is 12.4 Å². The van der Waals surface area contributed by atoms with Crippen molar-refractivity contribution in [3.05, 3.63) is 108 Å². The van der Waals surface area contributed by atoms with E-state index in [1.54, 1.807) is 24.6 Å². The van der Waals surface area contributed by atoms with Gasteiger partial charge in [0.2, 0.25) is 0 Å². The Bertz CT molecular complexity index is 1490. The summed E-state index contributed by atoms with van der Waals surface area (Å²) in [5, 5.41) is 20.9. The summed E-state index contributed by atoms with van der Waals surface area (Å²) in [4.78, 5) is 8.79. The average molecular weight is 737 g/mol. The first kappa shape index (κ1) is 41.8. The van der Waals surface area contributed by atoms with Gasteiger partial charge in [0, 0.05) is 35.7 Å². The molecule has 0 amide bonds. The van der Waals surface area contributed by atoms with Crippen LogP contribution in [0.5, 0.6) is 34.5 Å². The highest BCUT2D eigenvalue weighted by Gasteiger charge is 2.04. The van der Waals surface area contributed by atoms with Gasteiger partial charge >= 0.3 is 0 Å². The third kappa shape index (κ3) is 18.2. The number of aromatic hydroxyl groups is 2. The zero-order valence-corrected chi connectivity index (χ0v) is 32.0. The molecule has 0 saturated heterocycles. The predicted octanol–water partition coefficient (Wildman–Crippen LogP) is 11.0. The van der Waals surface area contributed by atoms with Gasteiger partial charge in [-0.25, -0.2) is 0 Å². The van der Waals surface area contributed by atoms with Gasteiger partial charge in [-0.05, 0) is 74.2 Å². The van der Waals surface area contributed by atoms with Crippen LogP contribution in [-0.2, 0) is 0 Å². The Morgan fingerprint density at radius 1 is 0.370 bits per heavy atom. The molecule has 0 aliphatic carbocycles. The summed E-state index contributed by atoms with van der Waals surface area (Å²) < 4.78 is 23.2. The summed E-state index contributed by atoms with van der Waals surface area (Å²) in [5.41, 5.74) is 1.27. The van der Waals surface area contributed by atoms with Crippen molar-refractivity contribution in [3.63, 3.8) is 0 Å². The van der Waals surface area contributed by atoms with Crippen molar-refractivity contribution in [2.45, 2.75) is 89.9 Å². The molecule has 4 aromatic carbocycles. The molecule has 8 nitrogen and oxygen atoms in total. The van der Waals surface area contributed by atoms with Gasteiger partial charge in [0.1, 0.15) is 34.5 Å². The quantitative estimate of drug-likeness (QED) is 0.0425. The summed E-state index contributed by atoms with van der Waals surface area (Å²) in [6, 6.07) is 30.6. The molecule has 54 heavy (non-hydrogen) atoms. The lowest BCUT2D eigenvalue weighted by Crippen LogP contribution is -1.98. The molecule has 0 saturated carbocycles. The van der Waals surface area contributed by atoms with E-state index in [1.165, 1.54) is 51.4 Å². The number of phenolic OH excluding ortho intramolecular Hbond substituents is 2. The van der Waals surface area contributed by atoms with Gasteiger partial charge in [-0.1, -0.05) is 101 Å². The molecule has 0 aliphatic heterocycles. The second kappa shape index (κ2) is 26.7. The van der Waals surface area contributed by atoms with Crippen LogP contribution in [0.25, 0.3) is 0 Å². The van der Waals surface area contributed by atoms with Crippen LogP contribution in [0.2, 0.25) is 0 Å². The predicted molar refractivity (Wildman–Crippen MR) is 221 cm³/mol. The van der Waals surface area contributed by atoms with Crippen LogP contribution >= 0.6 is 0 Å². The van der Waals surface area contributed by atoms with Crippen LogP contribution < -0.4 is 18.9 Å². The SMILES string of the molecule is Oc1cc(OCCCCCCCCCOc2ccccc2)ccc1C=NCCN=Cc1ccc(OCCCCCCCCCOc2ccccc2)cc1O. The number of hydrogen-bond donors (Lipinski definition) is 2. The van der Waals surface area contributed by atoms with E-state index in [0.717, 1.165) is 63.2 Å². The van der Waals surface area contributed by atoms with Gasteiger partial charge in [-0.15, -0.1) is 0 Å². The smallest absolute Gasteiger partial charge is 0.128 e. The number of ether oxygens (including phenoxy) is 4. The van der Waals surface area contributed by atoms with Crippen molar-refractivity contribution in [1.82, 2.24) is 0 Å². The number of nitrogens with zero attached hydrogens (tertiary/aromatic N) is 2. The maximum atomic E-state index is 10.4. The maximum absolute atomic E-state index is 10.4. The summed E-state index contributed by atoms with van der Waals surface area (Å²) >= 11 is 0. The minimum atomic E-state index is 0.139. The Morgan fingerprint density at radius 2 is 0.685 bits per heavy atom. The first-order valence-corrected chi connectivity index (χ1v) is 19.9. The Morgan fingerprint density at radius 3 is 1.02 bits per heavy atom. The van der Waals surface area contributed by atoms with E-state index in [9.17, 15) is 10.2 Å². The zero-order chi connectivity index (χ0) is 37.7. The van der Waals surface area contributed by atoms with E-state index in [0.29, 0.717) is 48.9 Å². The largest absolute Gasteiger partial charge is 0.507 e. The monoisotopic (exact) mass is 736 g/mol. The van der Waals surface area contributed by atoms with E-state index in [4.69, 9.17) is 18.9 Å². The molecule has 2 N–H and O–H groups in total. The zero-order valence-electron chi connectivity index (χ0n) is 32.0. The number of phenols is 2. The van der Waals surface area contributed by atoms with Gasteiger partial charge in [-0.3, -0.25) is 9.98 Å². The van der Waals surface area contributed by atoms with Gasteiger partial charge in [-0.2, -0.15) is 0 Å². The second-order valence-electron chi connectivity index (χ2n) is 13.5. The summed E-state index contributed by atoms with van der Waals surface area (Å²) in [7, 11) is 0. The molecule has 0 atom stereocenters. The van der Waals surface area contributed by atoms with E-state index >= 15 is 0 Å². The normalized spacial score (nSPS) is 11.3. The number of benzene rings is 4. The lowest BCUT2D eigenvalue weighted by atomic mass is 10.1. The highest BCUT2D eigenvalue weighted by molar-refractivity contribution is 5.84. The maximum Gasteiger partial charge on any atom is 0.128 e. The molecule has 0 fully saturated rings. The number of rotatable bonds is 29. The van der Waals surface area contributed by atoms with Crippen LogP contribution in [0.1, 0.15) is 101 Å². The molecule has 4 aromatic rings. The highest BCUT2D eigenvalue weighted by Crippen LogP contribution is 2.24. The van der Waals surface area contributed by atoms with Crippen molar-refractivity contribution in [2.24, 2.45) is 9.98 Å². The summed E-state index contributed by atoms with van der Waals surface area (Å²) in [5.74, 6) is 3.48. The van der Waals surface area contributed by atoms with Crippen molar-refractivity contribution < 1.29 is 29.2 Å². The van der Waals surface area contributed by atoms with E-state index in [2.05, 4.69) is 9.98 Å². The van der Waals surface area contributed by atoms with Gasteiger partial charge in [0.25, 0.3) is 0 Å². The molecule has 0 heterocycles. The fourth-order valence-electron chi connectivity index (χ4n) is 5.86. The van der Waals surface area contributed by atoms with Crippen LogP contribution in [0.3, 0.4) is 0 Å². The topological polar surface area (TPSA) is 102 Å². The van der Waals surface area contributed by atoms with Crippen LogP contribution in [0.15, 0.2) is 107 Å². The lowest BCUT2D eigenvalue weighted by Gasteiger charge is -2.08. The third-order valence-electron chi connectivity index (χ3n) is 8.96. The third-order valence-corrected chi connectivity index (χ3v) is 8.96. The van der Waals surface area contributed by atoms with Crippen LogP contribution in [0.4, 0.5) is 0 Å². The summed E-state index contributed by atoms with van der Waals surface area (Å²) in [6.45, 7) is 3.74. The molecule has 8 heteroatoms. The Labute approximate surface area is 322 Å². The highest BCUT2D eigenvalue weighted by atomic mass is 16.5. The second-order valence-corrected chi connectivity index (χ2v) is 13.5. The standard InChI is InChI=1S/C46H60N2O6/c49-45-35-43(53-33-19-9-5-1-3-7-17-31-51-41-21-13-11-14-22-41)27-25-39(45)37-47-29-30-48-38-40-26-28-44(36-46(40)50)54-34-20-10-6-2-4-8-18-32-52-42-23-15-12-16-24-42/h11-16,21-28,35-38,49-50H,1-10,17-20,29-34H2. The molecule has 4 rings (SSSR count). The molecule has 290 valence electrons. The van der Waals surface area contributed by atoms with E-state index in [1.807, 2.05) is 84.9 Å². The molecule has 0 bridgehead atoms. The van der Waals surface area contributed by atoms with Crippen molar-refractivity contribution in [3.8, 4) is 34.5 Å². The fraction of sp³-hybridized carbons (Fsp3) is 0.435. The van der Waals surface area contributed by atoms with Gasteiger partial charge in [0.15, 0.2) is 0 Å². The van der Waals surface area contributed by atoms with Gasteiger partial charge < -0.3 is 29.2 Å². The average Bonchev–Trinajstić information content (AvgIpc) is 3.19. The lowest BCUT2D eigenvalue weighted by molar-refractivity contribution is 0.298. The fourth-order valence-corrected chi connectivity index (χ4v) is 5.86. The molecule has 0 spiro atoms. The minimum absolute atomic E-state index is 0.139. The first-order valence-electron chi connectivity index (χ1n) is 19.9. The number of hydrogen-bond acceptors (Lipinski definition) is 8. The number of aliphatic imine (C=N–C) groups is 2. The molecular weight excluding hydrogens is 677 g/mol. The summed E-state index contributed by atoms with van der Waals surface area (Å²) in [6.07, 6.45) is 19.4. The van der Waals surface area contributed by atoms with Crippen molar-refractivity contribution in [2.75, 3.05) is 39.5 Å². The van der Waals surface area contributed by atoms with Gasteiger partial charge in [0.05, 0.1) is 39.5 Å². The Kier molecular flexibility index (Phi) is 20.7. The van der Waals surface area contributed by atoms with Crippen LogP contribution in [0, 0.1) is 0 Å².